The van der Waals surface area contributed by atoms with Gasteiger partial charge in [-0.1, -0.05) is 0 Å². The lowest BCUT2D eigenvalue weighted by atomic mass is 9.77. The molecule has 4 heterocycles. The zero-order chi connectivity index (χ0) is 17.9. The maximum Gasteiger partial charge on any atom is 0.241 e. The van der Waals surface area contributed by atoms with Gasteiger partial charge in [0.15, 0.2) is 0 Å². The van der Waals surface area contributed by atoms with E-state index in [1.807, 2.05) is 59.8 Å². The van der Waals surface area contributed by atoms with Crippen molar-refractivity contribution in [1.82, 2.24) is 29.0 Å². The number of nitrogens with one attached hydrogen (secondary N) is 1. The Morgan fingerprint density at radius 1 is 1.19 bits per heavy atom. The van der Waals surface area contributed by atoms with Gasteiger partial charge in [-0.2, -0.15) is 0 Å². The highest BCUT2D eigenvalue weighted by molar-refractivity contribution is 5.79. The Morgan fingerprint density at radius 3 is 2.81 bits per heavy atom. The van der Waals surface area contributed by atoms with Crippen molar-refractivity contribution in [3.8, 4) is 11.1 Å². The molecule has 5 rings (SSSR count). The van der Waals surface area contributed by atoms with E-state index < -0.39 is 5.60 Å². The summed E-state index contributed by atoms with van der Waals surface area (Å²) >= 11 is 0. The van der Waals surface area contributed by atoms with Crippen LogP contribution in [0.25, 0.3) is 22.4 Å². The summed E-state index contributed by atoms with van der Waals surface area (Å²) in [6, 6.07) is 2.23. The summed E-state index contributed by atoms with van der Waals surface area (Å²) in [6.07, 6.45) is 10.8. The Morgan fingerprint density at radius 2 is 2.00 bits per heavy atom. The number of hydrogen-bond donors (Lipinski definition) is 2. The van der Waals surface area contributed by atoms with Gasteiger partial charge < -0.3 is 10.4 Å². The van der Waals surface area contributed by atoms with Gasteiger partial charge in [-0.05, 0) is 32.8 Å². The van der Waals surface area contributed by atoms with Gasteiger partial charge in [-0.15, -0.1) is 5.10 Å². The number of imidazole rings is 1. The fraction of sp³-hybridized carbons (Fsp3) is 0.333. The maximum atomic E-state index is 9.84. The second kappa shape index (κ2) is 5.25. The Kier molecular flexibility index (Phi) is 3.08. The highest BCUT2D eigenvalue weighted by Crippen LogP contribution is 2.33. The molecule has 4 aromatic rings. The molecular weight excluding hydrogens is 330 g/mol. The van der Waals surface area contributed by atoms with E-state index in [2.05, 4.69) is 25.4 Å². The van der Waals surface area contributed by atoms with E-state index in [1.165, 1.54) is 0 Å². The zero-order valence-electron chi connectivity index (χ0n) is 14.6. The predicted octanol–water partition coefficient (Wildman–Crippen LogP) is 2.07. The first-order valence-electron chi connectivity index (χ1n) is 8.62. The minimum absolute atomic E-state index is 0.216. The number of anilines is 1. The molecule has 1 fully saturated rings. The van der Waals surface area contributed by atoms with Crippen LogP contribution < -0.4 is 5.32 Å². The van der Waals surface area contributed by atoms with Gasteiger partial charge >= 0.3 is 0 Å². The van der Waals surface area contributed by atoms with E-state index in [0.29, 0.717) is 24.6 Å². The number of rotatable bonds is 3. The van der Waals surface area contributed by atoms with Crippen molar-refractivity contribution in [2.75, 3.05) is 5.32 Å². The van der Waals surface area contributed by atoms with Crippen molar-refractivity contribution in [2.24, 2.45) is 0 Å². The van der Waals surface area contributed by atoms with E-state index in [9.17, 15) is 5.11 Å². The zero-order valence-corrected chi connectivity index (χ0v) is 14.6. The van der Waals surface area contributed by atoms with Gasteiger partial charge in [-0.25, -0.2) is 19.5 Å². The Bertz CT molecular complexity index is 1120. The summed E-state index contributed by atoms with van der Waals surface area (Å²) in [6.45, 7) is 3.85. The Labute approximate surface area is 149 Å². The van der Waals surface area contributed by atoms with Gasteiger partial charge in [0.25, 0.3) is 0 Å². The first kappa shape index (κ1) is 15.3. The second-order valence-corrected chi connectivity index (χ2v) is 7.30. The predicted molar refractivity (Wildman–Crippen MR) is 97.0 cm³/mol. The molecule has 1 aliphatic rings. The van der Waals surface area contributed by atoms with Crippen LogP contribution >= 0.6 is 0 Å². The molecule has 26 heavy (non-hydrogen) atoms. The summed E-state index contributed by atoms with van der Waals surface area (Å²) < 4.78 is 3.78. The second-order valence-electron chi connectivity index (χ2n) is 7.30. The molecule has 4 aromatic heterocycles. The topological polar surface area (TPSA) is 92.6 Å². The molecule has 2 N–H and O–H groups in total. The van der Waals surface area contributed by atoms with Gasteiger partial charge in [0.1, 0.15) is 0 Å². The molecule has 0 bridgehead atoms. The number of hydrogen-bond acceptors (Lipinski definition) is 6. The summed E-state index contributed by atoms with van der Waals surface area (Å²) in [5.41, 5.74) is 3.39. The van der Waals surface area contributed by atoms with E-state index in [-0.39, 0.29) is 6.04 Å². The van der Waals surface area contributed by atoms with Crippen LogP contribution in [0, 0.1) is 6.92 Å². The van der Waals surface area contributed by atoms with Crippen molar-refractivity contribution in [2.45, 2.75) is 38.3 Å². The number of aryl methyl sites for hydroxylation is 1. The number of aromatic nitrogens is 6. The number of aliphatic hydroxyl groups is 1. The minimum Gasteiger partial charge on any atom is -0.390 e. The maximum absolute atomic E-state index is 9.84. The molecule has 0 atom stereocenters. The van der Waals surface area contributed by atoms with Crippen molar-refractivity contribution < 1.29 is 5.11 Å². The molecule has 0 amide bonds. The molecule has 0 unspecified atom stereocenters. The van der Waals surface area contributed by atoms with Crippen LogP contribution in [0.4, 0.5) is 5.95 Å². The number of fused-ring (bicyclic) bond motifs is 2. The van der Waals surface area contributed by atoms with E-state index >= 15 is 0 Å². The van der Waals surface area contributed by atoms with Crippen molar-refractivity contribution in [1.29, 1.82) is 0 Å². The monoisotopic (exact) mass is 349 g/mol. The summed E-state index contributed by atoms with van der Waals surface area (Å²) in [7, 11) is 0. The molecule has 132 valence electrons. The fourth-order valence-corrected chi connectivity index (χ4v) is 3.62. The van der Waals surface area contributed by atoms with E-state index in [4.69, 9.17) is 0 Å². The summed E-state index contributed by atoms with van der Waals surface area (Å²) in [5, 5.41) is 17.7. The SMILES string of the molecule is Cc1cnc2ncc(-c3ccn4nc(NC5CC(C)(O)C5)ncc34)cn12. The molecule has 0 radical (unpaired) electrons. The van der Waals surface area contributed by atoms with Crippen molar-refractivity contribution >= 4 is 17.2 Å². The van der Waals surface area contributed by atoms with Gasteiger partial charge in [-0.3, -0.25) is 4.40 Å². The largest absolute Gasteiger partial charge is 0.390 e. The van der Waals surface area contributed by atoms with E-state index in [0.717, 1.165) is 22.3 Å². The standard InChI is InChI=1S/C18H19N7O/c1-11-7-20-17-21-8-12(10-24(11)17)14-3-4-25-15(14)9-19-16(23-25)22-13-5-18(2,26)6-13/h3-4,7-10,13,26H,5-6H2,1-2H3,(H,22,23). The average molecular weight is 349 g/mol. The molecule has 0 spiro atoms. The van der Waals surface area contributed by atoms with E-state index in [1.54, 1.807) is 0 Å². The molecule has 0 aliphatic heterocycles. The first-order chi connectivity index (χ1) is 12.5. The first-order valence-corrected chi connectivity index (χ1v) is 8.62. The lowest BCUT2D eigenvalue weighted by molar-refractivity contribution is -0.0236. The quantitative estimate of drug-likeness (QED) is 0.588. The molecule has 0 aromatic carbocycles. The molecule has 1 aliphatic carbocycles. The highest BCUT2D eigenvalue weighted by Gasteiger charge is 2.38. The van der Waals surface area contributed by atoms with Crippen LogP contribution in [-0.2, 0) is 0 Å². The van der Waals surface area contributed by atoms with Crippen LogP contribution in [0.1, 0.15) is 25.5 Å². The van der Waals surface area contributed by atoms with Crippen LogP contribution in [0.3, 0.4) is 0 Å². The van der Waals surface area contributed by atoms with Crippen LogP contribution in [0.5, 0.6) is 0 Å². The third-order valence-corrected chi connectivity index (χ3v) is 4.98. The fourth-order valence-electron chi connectivity index (χ4n) is 3.62. The smallest absolute Gasteiger partial charge is 0.241 e. The third-order valence-electron chi connectivity index (χ3n) is 4.98. The van der Waals surface area contributed by atoms with Gasteiger partial charge in [0.2, 0.25) is 11.7 Å². The van der Waals surface area contributed by atoms with Crippen molar-refractivity contribution in [3.05, 3.63) is 42.7 Å². The Balaban J connectivity index is 1.48. The van der Waals surface area contributed by atoms with Crippen LogP contribution in [0.2, 0.25) is 0 Å². The lowest BCUT2D eigenvalue weighted by Crippen LogP contribution is -2.48. The number of nitrogens with zero attached hydrogens (tertiary/aromatic N) is 6. The Hall–Kier alpha value is -3.00. The van der Waals surface area contributed by atoms with Gasteiger partial charge in [0, 0.05) is 41.5 Å². The average Bonchev–Trinajstić information content (AvgIpc) is 3.16. The highest BCUT2D eigenvalue weighted by atomic mass is 16.3. The molecule has 0 saturated heterocycles. The summed E-state index contributed by atoms with van der Waals surface area (Å²) in [4.78, 5) is 13.1. The third kappa shape index (κ3) is 2.41. The van der Waals surface area contributed by atoms with Crippen LogP contribution in [0.15, 0.2) is 37.1 Å². The molecule has 1 saturated carbocycles. The normalized spacial score (nSPS) is 22.7. The molecular formula is C18H19N7O. The summed E-state index contributed by atoms with van der Waals surface area (Å²) in [5.74, 6) is 1.26. The van der Waals surface area contributed by atoms with Crippen molar-refractivity contribution in [3.63, 3.8) is 0 Å². The minimum atomic E-state index is -0.570. The molecule has 8 nitrogen and oxygen atoms in total. The molecule has 8 heteroatoms. The van der Waals surface area contributed by atoms with Crippen LogP contribution in [-0.4, -0.2) is 45.7 Å². The van der Waals surface area contributed by atoms with Gasteiger partial charge in [0.05, 0.1) is 23.5 Å². The lowest BCUT2D eigenvalue weighted by Gasteiger charge is -2.41.